The molecule has 2 rings (SSSR count). The van der Waals surface area contributed by atoms with E-state index in [0.717, 1.165) is 4.47 Å². The van der Waals surface area contributed by atoms with Gasteiger partial charge in [-0.15, -0.1) is 0 Å². The lowest BCUT2D eigenvalue weighted by Crippen LogP contribution is -2.50. The first kappa shape index (κ1) is 21.8. The molecule has 0 aliphatic heterocycles. The molecule has 1 aromatic heterocycles. The number of thioether (sulfide) groups is 1. The first-order valence-electron chi connectivity index (χ1n) is 8.23. The van der Waals surface area contributed by atoms with Crippen molar-refractivity contribution in [2.24, 2.45) is 0 Å². The number of carbonyl (C=O) groups excluding carboxylic acids is 3. The van der Waals surface area contributed by atoms with E-state index in [9.17, 15) is 19.5 Å². The Hall–Kier alpha value is -2.52. The number of carboxylic acids is 1. The summed E-state index contributed by atoms with van der Waals surface area (Å²) < 4.78 is 5.82. The van der Waals surface area contributed by atoms with Crippen LogP contribution in [-0.4, -0.2) is 35.8 Å². The van der Waals surface area contributed by atoms with Gasteiger partial charge in [0, 0.05) is 4.47 Å². The van der Waals surface area contributed by atoms with Crippen molar-refractivity contribution in [2.45, 2.75) is 12.5 Å². The summed E-state index contributed by atoms with van der Waals surface area (Å²) in [6.07, 6.45) is 4.81. The average Bonchev–Trinajstić information content (AvgIpc) is 3.19. The minimum atomic E-state index is -1.39. The van der Waals surface area contributed by atoms with Gasteiger partial charge in [0.1, 0.15) is 5.70 Å². The molecule has 0 unspecified atom stereocenters. The van der Waals surface area contributed by atoms with E-state index >= 15 is 0 Å². The maximum Gasteiger partial charge on any atom is 0.291 e. The van der Waals surface area contributed by atoms with Crippen molar-refractivity contribution < 1.29 is 23.9 Å². The molecule has 1 heterocycles. The van der Waals surface area contributed by atoms with Crippen molar-refractivity contribution in [2.75, 3.05) is 12.0 Å². The van der Waals surface area contributed by atoms with Crippen LogP contribution in [0.3, 0.4) is 0 Å². The number of carbonyl (C=O) groups is 3. The van der Waals surface area contributed by atoms with E-state index in [1.165, 1.54) is 30.2 Å². The number of rotatable bonds is 9. The molecule has 2 N–H and O–H groups in total. The number of carboxylic acid groups (broad SMARTS) is 1. The Bertz CT molecular complexity index is 867. The van der Waals surface area contributed by atoms with Gasteiger partial charge in [-0.2, -0.15) is 11.8 Å². The van der Waals surface area contributed by atoms with Gasteiger partial charge in [-0.25, -0.2) is 0 Å². The number of aliphatic carboxylic acids is 1. The van der Waals surface area contributed by atoms with Gasteiger partial charge in [0.25, 0.3) is 11.8 Å². The molecule has 0 fully saturated rings. The van der Waals surface area contributed by atoms with Gasteiger partial charge in [0.15, 0.2) is 5.76 Å². The van der Waals surface area contributed by atoms with E-state index in [4.69, 9.17) is 4.42 Å². The van der Waals surface area contributed by atoms with Crippen molar-refractivity contribution in [3.63, 3.8) is 0 Å². The van der Waals surface area contributed by atoms with E-state index in [1.54, 1.807) is 24.3 Å². The number of hydrogen-bond acceptors (Lipinski definition) is 6. The molecular weight excluding hydrogens is 448 g/mol. The fourth-order valence-corrected chi connectivity index (χ4v) is 3.12. The van der Waals surface area contributed by atoms with Crippen molar-refractivity contribution >= 4 is 51.6 Å². The van der Waals surface area contributed by atoms with Gasteiger partial charge in [-0.1, -0.05) is 28.1 Å². The second kappa shape index (κ2) is 10.7. The van der Waals surface area contributed by atoms with E-state index in [1.807, 2.05) is 12.3 Å². The molecule has 0 saturated heterocycles. The third kappa shape index (κ3) is 6.58. The van der Waals surface area contributed by atoms with Crippen molar-refractivity contribution in [1.29, 1.82) is 0 Å². The number of amides is 2. The molecule has 0 spiro atoms. The molecular formula is C19H18BrN2O5S-. The van der Waals surface area contributed by atoms with Crippen LogP contribution in [0.1, 0.15) is 22.5 Å². The normalized spacial score (nSPS) is 12.3. The topological polar surface area (TPSA) is 111 Å². The van der Waals surface area contributed by atoms with Crippen LogP contribution in [0.4, 0.5) is 0 Å². The molecule has 28 heavy (non-hydrogen) atoms. The first-order valence-corrected chi connectivity index (χ1v) is 10.4. The minimum Gasteiger partial charge on any atom is -0.548 e. The maximum absolute atomic E-state index is 12.7. The van der Waals surface area contributed by atoms with Gasteiger partial charge in [-0.05, 0) is 54.3 Å². The molecule has 1 atom stereocenters. The highest BCUT2D eigenvalue weighted by Crippen LogP contribution is 2.15. The van der Waals surface area contributed by atoms with Crippen LogP contribution in [-0.2, 0) is 9.59 Å². The summed E-state index contributed by atoms with van der Waals surface area (Å²) in [6, 6.07) is 8.88. The van der Waals surface area contributed by atoms with Crippen molar-refractivity contribution in [1.82, 2.24) is 10.6 Å². The summed E-state index contributed by atoms with van der Waals surface area (Å²) in [5.74, 6) is -2.21. The van der Waals surface area contributed by atoms with E-state index in [0.29, 0.717) is 11.3 Å². The van der Waals surface area contributed by atoms with Crippen LogP contribution in [0.25, 0.3) is 6.08 Å². The van der Waals surface area contributed by atoms with E-state index < -0.39 is 23.8 Å². The van der Waals surface area contributed by atoms with Gasteiger partial charge < -0.3 is 25.0 Å². The molecule has 0 saturated carbocycles. The SMILES string of the molecule is CSCC[C@H](NC(=O)/C(=C/c1cccc(Br)c1)NC(=O)c1ccco1)C(=O)[O-]. The zero-order valence-corrected chi connectivity index (χ0v) is 17.3. The first-order chi connectivity index (χ1) is 13.4. The fourth-order valence-electron chi connectivity index (χ4n) is 2.23. The molecule has 0 bridgehead atoms. The Balaban J connectivity index is 2.27. The van der Waals surface area contributed by atoms with Crippen LogP contribution in [0, 0.1) is 0 Å². The zero-order valence-electron chi connectivity index (χ0n) is 14.9. The molecule has 148 valence electrons. The van der Waals surface area contributed by atoms with E-state index in [2.05, 4.69) is 26.6 Å². The smallest absolute Gasteiger partial charge is 0.291 e. The van der Waals surface area contributed by atoms with Gasteiger partial charge in [0.05, 0.1) is 18.3 Å². The molecule has 0 aliphatic rings. The number of furan rings is 1. The van der Waals surface area contributed by atoms with Crippen LogP contribution in [0.15, 0.2) is 57.2 Å². The summed E-state index contributed by atoms with van der Waals surface area (Å²) in [5, 5.41) is 16.2. The fraction of sp³-hybridized carbons (Fsp3) is 0.211. The van der Waals surface area contributed by atoms with Crippen molar-refractivity contribution in [3.8, 4) is 0 Å². The molecule has 2 amide bonds. The molecule has 0 aliphatic carbocycles. The second-order valence-corrected chi connectivity index (χ2v) is 7.57. The Morgan fingerprint density at radius 3 is 2.68 bits per heavy atom. The zero-order chi connectivity index (χ0) is 20.5. The van der Waals surface area contributed by atoms with Crippen LogP contribution < -0.4 is 15.7 Å². The Morgan fingerprint density at radius 2 is 2.07 bits per heavy atom. The Labute approximate surface area is 174 Å². The quantitative estimate of drug-likeness (QED) is 0.546. The Kier molecular flexibility index (Phi) is 8.34. The van der Waals surface area contributed by atoms with Crippen LogP contribution >= 0.6 is 27.7 Å². The van der Waals surface area contributed by atoms with Crippen LogP contribution in [0.5, 0.6) is 0 Å². The summed E-state index contributed by atoms with van der Waals surface area (Å²) in [7, 11) is 0. The predicted octanol–water partition coefficient (Wildman–Crippen LogP) is 1.80. The minimum absolute atomic E-state index is 0.0202. The third-order valence-electron chi connectivity index (χ3n) is 3.60. The predicted molar refractivity (Wildman–Crippen MR) is 108 cm³/mol. The van der Waals surface area contributed by atoms with Gasteiger partial charge >= 0.3 is 0 Å². The second-order valence-electron chi connectivity index (χ2n) is 5.67. The lowest BCUT2D eigenvalue weighted by molar-refractivity contribution is -0.308. The standard InChI is InChI=1S/C19H19BrN2O5S/c1-28-9-7-14(19(25)26)21-17(23)15(11-12-4-2-5-13(20)10-12)22-18(24)16-6-3-8-27-16/h2-6,8,10-11,14H,7,9H2,1H3,(H,21,23)(H,22,24)(H,25,26)/p-1/b15-11-/t14-/m0/s1. The molecule has 0 radical (unpaired) electrons. The number of halogens is 1. The molecule has 9 heteroatoms. The third-order valence-corrected chi connectivity index (χ3v) is 4.74. The summed E-state index contributed by atoms with van der Waals surface area (Å²) in [5.41, 5.74) is 0.517. The average molecular weight is 466 g/mol. The lowest BCUT2D eigenvalue weighted by Gasteiger charge is -2.20. The lowest BCUT2D eigenvalue weighted by atomic mass is 10.1. The van der Waals surface area contributed by atoms with Gasteiger partial charge in [-0.3, -0.25) is 9.59 Å². The van der Waals surface area contributed by atoms with Crippen molar-refractivity contribution in [3.05, 3.63) is 64.2 Å². The number of benzene rings is 1. The summed E-state index contributed by atoms with van der Waals surface area (Å²) in [6.45, 7) is 0. The molecule has 2 aromatic rings. The monoisotopic (exact) mass is 465 g/mol. The highest BCUT2D eigenvalue weighted by Gasteiger charge is 2.20. The summed E-state index contributed by atoms with van der Waals surface area (Å²) >= 11 is 4.79. The maximum atomic E-state index is 12.7. The number of nitrogens with one attached hydrogen (secondary N) is 2. The highest BCUT2D eigenvalue weighted by molar-refractivity contribution is 9.10. The van der Waals surface area contributed by atoms with Gasteiger partial charge in [0.2, 0.25) is 0 Å². The number of hydrogen-bond donors (Lipinski definition) is 2. The molecule has 1 aromatic carbocycles. The van der Waals surface area contributed by atoms with E-state index in [-0.39, 0.29) is 17.9 Å². The van der Waals surface area contributed by atoms with Crippen LogP contribution in [0.2, 0.25) is 0 Å². The highest BCUT2D eigenvalue weighted by atomic mass is 79.9. The Morgan fingerprint density at radius 1 is 1.29 bits per heavy atom. The largest absolute Gasteiger partial charge is 0.548 e. The summed E-state index contributed by atoms with van der Waals surface area (Å²) in [4.78, 5) is 36.3. The molecule has 7 nitrogen and oxygen atoms in total.